The second kappa shape index (κ2) is 6.86. The van der Waals surface area contributed by atoms with E-state index in [-0.39, 0.29) is 5.92 Å². The fourth-order valence-corrected chi connectivity index (χ4v) is 2.11. The van der Waals surface area contributed by atoms with Gasteiger partial charge in [-0.2, -0.15) is 0 Å². The Morgan fingerprint density at radius 1 is 1.11 bits per heavy atom. The van der Waals surface area contributed by atoms with Crippen molar-refractivity contribution in [3.63, 3.8) is 0 Å². The normalized spacial score (nSPS) is 14.4. The Balaban J connectivity index is 2.31. The molecule has 1 aromatic heterocycles. The number of nitrogens with zero attached hydrogens (tertiary/aromatic N) is 1. The minimum atomic E-state index is -0.570. The molecule has 0 spiro atoms. The minimum absolute atomic E-state index is 0.0367. The second-order valence-electron chi connectivity index (χ2n) is 4.50. The number of allylic oxidation sites excluding steroid dienone is 1. The predicted octanol–water partition coefficient (Wildman–Crippen LogP) is 3.87. The lowest BCUT2D eigenvalue weighted by Gasteiger charge is -2.20. The van der Waals surface area contributed by atoms with Crippen LogP contribution >= 0.6 is 0 Å². The number of rotatable bonds is 5. The molecule has 0 amide bonds. The molecule has 1 heterocycles. The zero-order chi connectivity index (χ0) is 13.5. The van der Waals surface area contributed by atoms with E-state index in [1.165, 1.54) is 0 Å². The van der Waals surface area contributed by atoms with Crippen LogP contribution in [-0.2, 0) is 0 Å². The molecule has 0 aliphatic rings. The van der Waals surface area contributed by atoms with E-state index < -0.39 is 6.10 Å². The first-order valence-electron chi connectivity index (χ1n) is 6.62. The van der Waals surface area contributed by atoms with Crippen LogP contribution in [0.4, 0.5) is 0 Å². The van der Waals surface area contributed by atoms with Crippen LogP contribution in [0.5, 0.6) is 0 Å². The largest absolute Gasteiger partial charge is 0.387 e. The van der Waals surface area contributed by atoms with Crippen molar-refractivity contribution in [2.45, 2.75) is 25.4 Å². The maximum atomic E-state index is 10.6. The van der Waals surface area contributed by atoms with Gasteiger partial charge in [0.05, 0.1) is 6.10 Å². The van der Waals surface area contributed by atoms with Crippen LogP contribution in [0.15, 0.2) is 67.0 Å². The molecule has 2 rings (SSSR count). The van der Waals surface area contributed by atoms with Crippen LogP contribution in [0.3, 0.4) is 0 Å². The van der Waals surface area contributed by atoms with E-state index >= 15 is 0 Å². The molecule has 0 aliphatic heterocycles. The maximum Gasteiger partial charge on any atom is 0.0907 e. The van der Waals surface area contributed by atoms with Gasteiger partial charge in [-0.15, -0.1) is 0 Å². The first-order valence-corrected chi connectivity index (χ1v) is 6.62. The summed E-state index contributed by atoms with van der Waals surface area (Å²) in [5.41, 5.74) is 1.96. The fraction of sp³-hybridized carbons (Fsp3) is 0.235. The third-order valence-corrected chi connectivity index (χ3v) is 3.13. The topological polar surface area (TPSA) is 33.1 Å². The molecule has 2 heteroatoms. The van der Waals surface area contributed by atoms with Crippen LogP contribution in [0.25, 0.3) is 0 Å². The lowest BCUT2D eigenvalue weighted by Crippen LogP contribution is -2.09. The SMILES string of the molecule is CC/C=C/[C@H](c1ccccc1)[C@H](O)c1cccnc1. The highest BCUT2D eigenvalue weighted by atomic mass is 16.3. The minimum Gasteiger partial charge on any atom is -0.387 e. The number of pyridine rings is 1. The van der Waals surface area contributed by atoms with Crippen LogP contribution < -0.4 is 0 Å². The molecule has 1 N–H and O–H groups in total. The highest BCUT2D eigenvalue weighted by Gasteiger charge is 2.20. The third kappa shape index (κ3) is 3.52. The number of aliphatic hydroxyl groups is 1. The van der Waals surface area contributed by atoms with Crippen molar-refractivity contribution in [1.29, 1.82) is 0 Å². The lowest BCUT2D eigenvalue weighted by atomic mass is 9.89. The van der Waals surface area contributed by atoms with Crippen molar-refractivity contribution in [3.8, 4) is 0 Å². The van der Waals surface area contributed by atoms with Crippen molar-refractivity contribution in [2.24, 2.45) is 0 Å². The average molecular weight is 253 g/mol. The van der Waals surface area contributed by atoms with Gasteiger partial charge in [0.1, 0.15) is 0 Å². The molecular formula is C17H19NO. The van der Waals surface area contributed by atoms with Gasteiger partial charge in [-0.1, -0.05) is 55.5 Å². The average Bonchev–Trinajstić information content (AvgIpc) is 2.49. The van der Waals surface area contributed by atoms with E-state index in [4.69, 9.17) is 0 Å². The van der Waals surface area contributed by atoms with Crippen molar-refractivity contribution < 1.29 is 5.11 Å². The predicted molar refractivity (Wildman–Crippen MR) is 77.8 cm³/mol. The Hall–Kier alpha value is -1.93. The molecule has 98 valence electrons. The maximum absolute atomic E-state index is 10.6. The summed E-state index contributed by atoms with van der Waals surface area (Å²) in [5, 5.41) is 10.6. The third-order valence-electron chi connectivity index (χ3n) is 3.13. The standard InChI is InChI=1S/C17H19NO/c1-2-3-11-16(14-8-5-4-6-9-14)17(19)15-10-7-12-18-13-15/h3-13,16-17,19H,2H2,1H3/b11-3+/t16-,17-/m1/s1. The van der Waals surface area contributed by atoms with Crippen LogP contribution in [0.2, 0.25) is 0 Å². The Bertz CT molecular complexity index is 507. The van der Waals surface area contributed by atoms with E-state index in [1.54, 1.807) is 12.4 Å². The summed E-state index contributed by atoms with van der Waals surface area (Å²) in [7, 11) is 0. The van der Waals surface area contributed by atoms with Crippen LogP contribution in [-0.4, -0.2) is 10.1 Å². The van der Waals surface area contributed by atoms with Crippen molar-refractivity contribution in [2.75, 3.05) is 0 Å². The highest BCUT2D eigenvalue weighted by Crippen LogP contribution is 2.31. The van der Waals surface area contributed by atoms with Gasteiger partial charge >= 0.3 is 0 Å². The number of aromatic nitrogens is 1. The molecule has 2 nitrogen and oxygen atoms in total. The smallest absolute Gasteiger partial charge is 0.0907 e. The molecule has 0 saturated heterocycles. The molecule has 19 heavy (non-hydrogen) atoms. The van der Waals surface area contributed by atoms with Crippen LogP contribution in [0, 0.1) is 0 Å². The number of aliphatic hydroxyl groups excluding tert-OH is 1. The van der Waals surface area contributed by atoms with Gasteiger partial charge in [0.15, 0.2) is 0 Å². The first-order chi connectivity index (χ1) is 9.33. The van der Waals surface area contributed by atoms with E-state index in [1.807, 2.05) is 42.5 Å². The Labute approximate surface area is 114 Å². The van der Waals surface area contributed by atoms with E-state index in [2.05, 4.69) is 24.1 Å². The van der Waals surface area contributed by atoms with Crippen molar-refractivity contribution in [3.05, 3.63) is 78.1 Å². The summed E-state index contributed by atoms with van der Waals surface area (Å²) in [4.78, 5) is 4.08. The summed E-state index contributed by atoms with van der Waals surface area (Å²) in [5.74, 6) is -0.0367. The number of hydrogen-bond donors (Lipinski definition) is 1. The van der Waals surface area contributed by atoms with Gasteiger partial charge in [0.25, 0.3) is 0 Å². The van der Waals surface area contributed by atoms with Gasteiger partial charge in [-0.25, -0.2) is 0 Å². The first kappa shape index (κ1) is 13.5. The Morgan fingerprint density at radius 2 is 1.84 bits per heavy atom. The highest BCUT2D eigenvalue weighted by molar-refractivity contribution is 5.29. The summed E-state index contributed by atoms with van der Waals surface area (Å²) in [6, 6.07) is 13.8. The monoisotopic (exact) mass is 253 g/mol. The summed E-state index contributed by atoms with van der Waals surface area (Å²) in [6.07, 6.45) is 8.00. The number of hydrogen-bond acceptors (Lipinski definition) is 2. The van der Waals surface area contributed by atoms with Crippen molar-refractivity contribution >= 4 is 0 Å². The van der Waals surface area contributed by atoms with Crippen LogP contribution in [0.1, 0.15) is 36.5 Å². The van der Waals surface area contributed by atoms with Gasteiger partial charge in [-0.05, 0) is 23.6 Å². The quantitative estimate of drug-likeness (QED) is 0.821. The molecule has 2 aromatic rings. The molecule has 2 atom stereocenters. The van der Waals surface area contributed by atoms with Gasteiger partial charge in [0, 0.05) is 18.3 Å². The molecule has 0 bridgehead atoms. The molecular weight excluding hydrogens is 234 g/mol. The van der Waals surface area contributed by atoms with E-state index in [0.29, 0.717) is 0 Å². The Morgan fingerprint density at radius 3 is 2.47 bits per heavy atom. The zero-order valence-corrected chi connectivity index (χ0v) is 11.1. The molecule has 0 unspecified atom stereocenters. The van der Waals surface area contributed by atoms with Gasteiger partial charge < -0.3 is 5.11 Å². The van der Waals surface area contributed by atoms with E-state index in [0.717, 1.165) is 17.5 Å². The van der Waals surface area contributed by atoms with E-state index in [9.17, 15) is 5.11 Å². The van der Waals surface area contributed by atoms with Gasteiger partial charge in [-0.3, -0.25) is 4.98 Å². The zero-order valence-electron chi connectivity index (χ0n) is 11.1. The molecule has 0 fully saturated rings. The molecule has 0 saturated carbocycles. The molecule has 1 aromatic carbocycles. The van der Waals surface area contributed by atoms with Crippen molar-refractivity contribution in [1.82, 2.24) is 4.98 Å². The number of benzene rings is 1. The lowest BCUT2D eigenvalue weighted by molar-refractivity contribution is 0.161. The summed E-state index contributed by atoms with van der Waals surface area (Å²) in [6.45, 7) is 2.09. The molecule has 0 radical (unpaired) electrons. The summed E-state index contributed by atoms with van der Waals surface area (Å²) < 4.78 is 0. The summed E-state index contributed by atoms with van der Waals surface area (Å²) >= 11 is 0. The molecule has 0 aliphatic carbocycles. The Kier molecular flexibility index (Phi) is 4.87. The second-order valence-corrected chi connectivity index (χ2v) is 4.50. The fourth-order valence-electron chi connectivity index (χ4n) is 2.11. The van der Waals surface area contributed by atoms with Gasteiger partial charge in [0.2, 0.25) is 0 Å².